The number of nitrogens with one attached hydrogen (secondary N) is 1. The van der Waals surface area contributed by atoms with E-state index in [2.05, 4.69) is 21.9 Å². The number of anilines is 1. The summed E-state index contributed by atoms with van der Waals surface area (Å²) in [5.74, 6) is 0.577. The maximum atomic E-state index is 11.6. The van der Waals surface area contributed by atoms with Crippen molar-refractivity contribution in [3.8, 4) is 5.88 Å². The van der Waals surface area contributed by atoms with E-state index in [1.807, 2.05) is 6.07 Å². The first-order chi connectivity index (χ1) is 12.3. The van der Waals surface area contributed by atoms with E-state index in [4.69, 9.17) is 10.5 Å². The molecule has 2 rings (SSSR count). The van der Waals surface area contributed by atoms with E-state index in [1.54, 1.807) is 30.5 Å². The smallest absolute Gasteiger partial charge is 0.221 e. The summed E-state index contributed by atoms with van der Waals surface area (Å²) in [4.78, 5) is 8.37. The second-order valence-corrected chi connectivity index (χ2v) is 7.36. The number of sulfone groups is 1. The molecule has 0 radical (unpaired) electrons. The first-order valence-electron chi connectivity index (χ1n) is 7.56. The number of allylic oxidation sites excluding steroid dienone is 2. The highest BCUT2D eigenvalue weighted by molar-refractivity contribution is 7.90. The quantitative estimate of drug-likeness (QED) is 0.458. The molecule has 0 spiro atoms. The Kier molecular flexibility index (Phi) is 6.13. The van der Waals surface area contributed by atoms with Crippen molar-refractivity contribution in [3.05, 3.63) is 67.0 Å². The molecule has 0 aliphatic rings. The molecule has 0 aliphatic heterocycles. The Bertz CT molecular complexity index is 966. The molecule has 0 amide bonds. The molecule has 26 heavy (non-hydrogen) atoms. The van der Waals surface area contributed by atoms with Gasteiger partial charge in [0.05, 0.1) is 12.0 Å². The molecular weight excluding hydrogens is 352 g/mol. The van der Waals surface area contributed by atoms with Crippen LogP contribution in [0.15, 0.2) is 71.3 Å². The summed E-state index contributed by atoms with van der Waals surface area (Å²) >= 11 is 0. The Balaban J connectivity index is 2.08. The van der Waals surface area contributed by atoms with Gasteiger partial charge in [-0.05, 0) is 42.0 Å². The Morgan fingerprint density at radius 1 is 1.35 bits per heavy atom. The van der Waals surface area contributed by atoms with E-state index >= 15 is 0 Å². The number of pyridine rings is 1. The molecule has 0 saturated carbocycles. The zero-order valence-electron chi connectivity index (χ0n) is 14.5. The second-order valence-electron chi connectivity index (χ2n) is 5.34. The van der Waals surface area contributed by atoms with Gasteiger partial charge in [-0.2, -0.15) is 0 Å². The van der Waals surface area contributed by atoms with E-state index in [9.17, 15) is 8.42 Å². The third kappa shape index (κ3) is 5.18. The van der Waals surface area contributed by atoms with Crippen molar-refractivity contribution in [2.45, 2.75) is 4.90 Å². The van der Waals surface area contributed by atoms with Crippen LogP contribution in [0.25, 0.3) is 5.57 Å². The first kappa shape index (κ1) is 19.2. The summed E-state index contributed by atoms with van der Waals surface area (Å²) in [7, 11) is -1.76. The van der Waals surface area contributed by atoms with Gasteiger partial charge in [0.25, 0.3) is 0 Å². The van der Waals surface area contributed by atoms with Crippen LogP contribution in [-0.2, 0) is 9.84 Å². The van der Waals surface area contributed by atoms with Crippen LogP contribution in [0.4, 0.5) is 5.69 Å². The van der Waals surface area contributed by atoms with Gasteiger partial charge in [-0.3, -0.25) is 0 Å². The van der Waals surface area contributed by atoms with Gasteiger partial charge in [-0.1, -0.05) is 12.6 Å². The van der Waals surface area contributed by atoms with E-state index in [-0.39, 0.29) is 10.9 Å². The normalized spacial score (nSPS) is 12.2. The summed E-state index contributed by atoms with van der Waals surface area (Å²) in [5, 5.41) is 2.84. The molecule has 1 aromatic heterocycles. The fourth-order valence-corrected chi connectivity index (χ4v) is 2.75. The molecule has 1 aromatic carbocycles. The SMILES string of the molecule is C=C(/C=C\N=C(/N)Nc1cccc(S(C)(=O)=O)c1)c1cccnc1OC. The number of guanidine groups is 1. The maximum absolute atomic E-state index is 11.6. The van der Waals surface area contributed by atoms with Crippen molar-refractivity contribution in [2.75, 3.05) is 18.7 Å². The van der Waals surface area contributed by atoms with Crippen LogP contribution < -0.4 is 15.8 Å². The van der Waals surface area contributed by atoms with Crippen molar-refractivity contribution in [3.63, 3.8) is 0 Å². The third-order valence-corrected chi connectivity index (χ3v) is 4.44. The fourth-order valence-electron chi connectivity index (χ4n) is 2.08. The van der Waals surface area contributed by atoms with Gasteiger partial charge >= 0.3 is 0 Å². The number of methoxy groups -OCH3 is 1. The van der Waals surface area contributed by atoms with Crippen molar-refractivity contribution in [1.82, 2.24) is 4.98 Å². The van der Waals surface area contributed by atoms with Crippen LogP contribution >= 0.6 is 0 Å². The molecule has 3 N–H and O–H groups in total. The number of aliphatic imine (C=N–C) groups is 1. The molecule has 136 valence electrons. The maximum Gasteiger partial charge on any atom is 0.221 e. The molecule has 0 fully saturated rings. The highest BCUT2D eigenvalue weighted by Gasteiger charge is 2.07. The van der Waals surface area contributed by atoms with Crippen LogP contribution in [-0.4, -0.2) is 32.7 Å². The number of benzene rings is 1. The minimum atomic E-state index is -3.29. The topological polar surface area (TPSA) is 107 Å². The van der Waals surface area contributed by atoms with Gasteiger partial charge in [0.15, 0.2) is 15.8 Å². The Labute approximate surface area is 152 Å². The third-order valence-electron chi connectivity index (χ3n) is 3.33. The van der Waals surface area contributed by atoms with E-state index in [0.29, 0.717) is 17.1 Å². The zero-order valence-corrected chi connectivity index (χ0v) is 15.3. The lowest BCUT2D eigenvalue weighted by atomic mass is 10.1. The van der Waals surface area contributed by atoms with Crippen LogP contribution in [0, 0.1) is 0 Å². The molecule has 8 heteroatoms. The van der Waals surface area contributed by atoms with Gasteiger partial charge in [-0.25, -0.2) is 18.4 Å². The number of ether oxygens (including phenoxy) is 1. The Hall–Kier alpha value is -3.13. The number of hydrogen-bond acceptors (Lipinski definition) is 5. The van der Waals surface area contributed by atoms with Crippen molar-refractivity contribution >= 4 is 27.1 Å². The van der Waals surface area contributed by atoms with Crippen LogP contribution in [0.2, 0.25) is 0 Å². The zero-order chi connectivity index (χ0) is 19.2. The van der Waals surface area contributed by atoms with Crippen molar-refractivity contribution in [2.24, 2.45) is 10.7 Å². The minimum Gasteiger partial charge on any atom is -0.481 e. The number of hydrogen-bond donors (Lipinski definition) is 2. The molecule has 2 aromatic rings. The summed E-state index contributed by atoms with van der Waals surface area (Å²) < 4.78 is 28.3. The Morgan fingerprint density at radius 2 is 2.12 bits per heavy atom. The molecule has 0 aliphatic carbocycles. The van der Waals surface area contributed by atoms with Crippen LogP contribution in [0.3, 0.4) is 0 Å². The summed E-state index contributed by atoms with van der Waals surface area (Å²) in [5.41, 5.74) is 7.74. The average Bonchev–Trinajstić information content (AvgIpc) is 2.61. The average molecular weight is 372 g/mol. The van der Waals surface area contributed by atoms with Crippen LogP contribution in [0.5, 0.6) is 5.88 Å². The fraction of sp³-hybridized carbons (Fsp3) is 0.111. The Morgan fingerprint density at radius 3 is 2.81 bits per heavy atom. The number of aromatic nitrogens is 1. The van der Waals surface area contributed by atoms with Crippen molar-refractivity contribution < 1.29 is 13.2 Å². The number of rotatable bonds is 6. The molecular formula is C18H20N4O3S. The van der Waals surface area contributed by atoms with Gasteiger partial charge in [0.2, 0.25) is 5.88 Å². The molecule has 0 unspecified atom stereocenters. The highest BCUT2D eigenvalue weighted by Crippen LogP contribution is 2.22. The van der Waals surface area contributed by atoms with Crippen molar-refractivity contribution in [1.29, 1.82) is 0 Å². The number of nitrogens with two attached hydrogens (primary N) is 1. The van der Waals surface area contributed by atoms with Crippen LogP contribution in [0.1, 0.15) is 5.56 Å². The summed E-state index contributed by atoms with van der Waals surface area (Å²) in [6.07, 6.45) is 5.92. The second kappa shape index (κ2) is 8.30. The number of nitrogens with zero attached hydrogens (tertiary/aromatic N) is 2. The molecule has 0 bridgehead atoms. The van der Waals surface area contributed by atoms with Gasteiger partial charge in [0.1, 0.15) is 0 Å². The monoisotopic (exact) mass is 372 g/mol. The lowest BCUT2D eigenvalue weighted by molar-refractivity contribution is 0.396. The van der Waals surface area contributed by atoms with E-state index < -0.39 is 9.84 Å². The van der Waals surface area contributed by atoms with E-state index in [0.717, 1.165) is 11.8 Å². The molecule has 1 heterocycles. The predicted molar refractivity (Wildman–Crippen MR) is 104 cm³/mol. The van der Waals surface area contributed by atoms with Gasteiger partial charge in [0, 0.05) is 29.9 Å². The molecule has 0 saturated heterocycles. The largest absolute Gasteiger partial charge is 0.481 e. The first-order valence-corrected chi connectivity index (χ1v) is 9.45. The summed E-state index contributed by atoms with van der Waals surface area (Å²) in [6.45, 7) is 3.95. The van der Waals surface area contributed by atoms with Gasteiger partial charge in [-0.15, -0.1) is 0 Å². The standard InChI is InChI=1S/C18H20N4O3S/c1-13(16-8-5-10-20-17(16)25-2)9-11-21-18(19)22-14-6-4-7-15(12-14)26(3,23)24/h4-12H,1H2,2-3H3,(H3,19,21,22)/b11-9-. The summed E-state index contributed by atoms with van der Waals surface area (Å²) in [6, 6.07) is 9.93. The molecule has 0 atom stereocenters. The predicted octanol–water partition coefficient (Wildman–Crippen LogP) is 2.45. The van der Waals surface area contributed by atoms with Gasteiger partial charge < -0.3 is 15.8 Å². The minimum absolute atomic E-state index is 0.109. The molecule has 7 nitrogen and oxygen atoms in total. The lowest BCUT2D eigenvalue weighted by Gasteiger charge is -2.07. The van der Waals surface area contributed by atoms with E-state index in [1.165, 1.54) is 25.4 Å². The highest BCUT2D eigenvalue weighted by atomic mass is 32.2. The lowest BCUT2D eigenvalue weighted by Crippen LogP contribution is -2.21.